The maximum absolute atomic E-state index is 11.6. The van der Waals surface area contributed by atoms with Crippen LogP contribution in [0.1, 0.15) is 28.5 Å². The second-order valence-electron chi connectivity index (χ2n) is 5.27. The summed E-state index contributed by atoms with van der Waals surface area (Å²) in [4.78, 5) is 20.5. The van der Waals surface area contributed by atoms with E-state index in [1.54, 1.807) is 13.1 Å². The number of aryl methyl sites for hydroxylation is 2. The summed E-state index contributed by atoms with van der Waals surface area (Å²) >= 11 is 0. The van der Waals surface area contributed by atoms with Crippen LogP contribution in [0, 0.1) is 0 Å². The zero-order chi connectivity index (χ0) is 16.1. The van der Waals surface area contributed by atoms with E-state index in [-0.39, 0.29) is 5.97 Å². The van der Waals surface area contributed by atoms with Crippen LogP contribution in [0.2, 0.25) is 0 Å². The summed E-state index contributed by atoms with van der Waals surface area (Å²) in [5, 5.41) is 1.05. The van der Waals surface area contributed by atoms with Gasteiger partial charge in [-0.3, -0.25) is 0 Å². The van der Waals surface area contributed by atoms with Crippen molar-refractivity contribution in [2.75, 3.05) is 6.61 Å². The molecule has 0 aliphatic rings. The molecule has 0 saturated heterocycles. The fourth-order valence-corrected chi connectivity index (χ4v) is 2.43. The molecule has 3 rings (SSSR count). The predicted octanol–water partition coefficient (Wildman–Crippen LogP) is 3.59. The van der Waals surface area contributed by atoms with Gasteiger partial charge in [0.05, 0.1) is 12.2 Å². The van der Waals surface area contributed by atoms with Crippen molar-refractivity contribution in [1.29, 1.82) is 0 Å². The largest absolute Gasteiger partial charge is 0.462 e. The number of nitrogens with zero attached hydrogens (tertiary/aromatic N) is 2. The number of hydrogen-bond acceptors (Lipinski definition) is 4. The van der Waals surface area contributed by atoms with Crippen LogP contribution in [0.25, 0.3) is 11.0 Å². The van der Waals surface area contributed by atoms with Crippen LogP contribution < -0.4 is 0 Å². The first-order chi connectivity index (χ1) is 11.3. The third-order valence-corrected chi connectivity index (χ3v) is 3.66. The van der Waals surface area contributed by atoms with Crippen LogP contribution in [0.4, 0.5) is 0 Å². The van der Waals surface area contributed by atoms with E-state index >= 15 is 0 Å². The van der Waals surface area contributed by atoms with Crippen molar-refractivity contribution in [2.24, 2.45) is 0 Å². The number of aromatic nitrogens is 2. The molecule has 0 spiro atoms. The molecule has 4 nitrogen and oxygen atoms in total. The highest BCUT2D eigenvalue weighted by molar-refractivity contribution is 5.89. The molecule has 116 valence electrons. The molecule has 0 unspecified atom stereocenters. The molecule has 0 radical (unpaired) electrons. The highest BCUT2D eigenvalue weighted by atomic mass is 16.5. The van der Waals surface area contributed by atoms with Crippen LogP contribution in [0.15, 0.2) is 54.7 Å². The zero-order valence-corrected chi connectivity index (χ0v) is 13.0. The SMILES string of the molecule is CCOC(=O)c1ccc(CCc2ccc3cccnc3n2)cc1. The lowest BCUT2D eigenvalue weighted by Crippen LogP contribution is -2.04. The number of hydrogen-bond donors (Lipinski definition) is 0. The lowest BCUT2D eigenvalue weighted by Gasteiger charge is -2.05. The molecule has 0 aliphatic heterocycles. The number of rotatable bonds is 5. The molecule has 3 aromatic rings. The highest BCUT2D eigenvalue weighted by Crippen LogP contribution is 2.12. The Morgan fingerprint density at radius 2 is 1.87 bits per heavy atom. The van der Waals surface area contributed by atoms with E-state index in [1.807, 2.05) is 42.5 Å². The van der Waals surface area contributed by atoms with E-state index in [2.05, 4.69) is 16.0 Å². The van der Waals surface area contributed by atoms with E-state index in [0.717, 1.165) is 29.6 Å². The van der Waals surface area contributed by atoms with Crippen LogP contribution in [-0.2, 0) is 17.6 Å². The Labute approximate surface area is 135 Å². The molecular weight excluding hydrogens is 288 g/mol. The minimum atomic E-state index is -0.277. The summed E-state index contributed by atoms with van der Waals surface area (Å²) in [5.74, 6) is -0.277. The van der Waals surface area contributed by atoms with Gasteiger partial charge < -0.3 is 4.74 Å². The van der Waals surface area contributed by atoms with Gasteiger partial charge in [-0.05, 0) is 61.7 Å². The first-order valence-electron chi connectivity index (χ1n) is 7.73. The number of esters is 1. The fraction of sp³-hybridized carbons (Fsp3) is 0.211. The molecule has 2 aromatic heterocycles. The monoisotopic (exact) mass is 306 g/mol. The van der Waals surface area contributed by atoms with E-state index in [4.69, 9.17) is 4.74 Å². The zero-order valence-electron chi connectivity index (χ0n) is 13.0. The van der Waals surface area contributed by atoms with Gasteiger partial charge in [0, 0.05) is 17.3 Å². The van der Waals surface area contributed by atoms with Crippen molar-refractivity contribution in [1.82, 2.24) is 9.97 Å². The first-order valence-corrected chi connectivity index (χ1v) is 7.73. The Balaban J connectivity index is 1.66. The van der Waals surface area contributed by atoms with Gasteiger partial charge in [0.2, 0.25) is 0 Å². The van der Waals surface area contributed by atoms with Gasteiger partial charge in [0.1, 0.15) is 0 Å². The molecule has 0 bridgehead atoms. The van der Waals surface area contributed by atoms with Gasteiger partial charge in [-0.2, -0.15) is 0 Å². The molecule has 2 heterocycles. The Morgan fingerprint density at radius 3 is 2.65 bits per heavy atom. The Hall–Kier alpha value is -2.75. The van der Waals surface area contributed by atoms with Crippen molar-refractivity contribution in [3.63, 3.8) is 0 Å². The van der Waals surface area contributed by atoms with E-state index < -0.39 is 0 Å². The molecule has 0 N–H and O–H groups in total. The van der Waals surface area contributed by atoms with Crippen LogP contribution in [-0.4, -0.2) is 22.5 Å². The average Bonchev–Trinajstić information content (AvgIpc) is 2.60. The number of fused-ring (bicyclic) bond motifs is 1. The lowest BCUT2D eigenvalue weighted by atomic mass is 10.1. The van der Waals surface area contributed by atoms with Crippen molar-refractivity contribution in [3.05, 3.63) is 71.5 Å². The summed E-state index contributed by atoms with van der Waals surface area (Å²) in [6.45, 7) is 2.19. The molecule has 0 atom stereocenters. The number of carbonyl (C=O) groups is 1. The van der Waals surface area contributed by atoms with E-state index in [0.29, 0.717) is 12.2 Å². The topological polar surface area (TPSA) is 52.1 Å². The summed E-state index contributed by atoms with van der Waals surface area (Å²) in [6.07, 6.45) is 3.47. The Kier molecular flexibility index (Phi) is 4.62. The maximum Gasteiger partial charge on any atom is 0.338 e. The van der Waals surface area contributed by atoms with Crippen LogP contribution in [0.5, 0.6) is 0 Å². The highest BCUT2D eigenvalue weighted by Gasteiger charge is 2.06. The summed E-state index contributed by atoms with van der Waals surface area (Å²) in [6, 6.07) is 15.6. The van der Waals surface area contributed by atoms with Crippen molar-refractivity contribution in [2.45, 2.75) is 19.8 Å². The summed E-state index contributed by atoms with van der Waals surface area (Å²) < 4.78 is 4.98. The van der Waals surface area contributed by atoms with E-state index in [1.165, 1.54) is 5.56 Å². The summed E-state index contributed by atoms with van der Waals surface area (Å²) in [5.41, 5.74) is 3.55. The fourth-order valence-electron chi connectivity index (χ4n) is 2.43. The van der Waals surface area contributed by atoms with Gasteiger partial charge in [-0.15, -0.1) is 0 Å². The quantitative estimate of drug-likeness (QED) is 0.676. The van der Waals surface area contributed by atoms with Crippen LogP contribution in [0.3, 0.4) is 0 Å². The van der Waals surface area contributed by atoms with E-state index in [9.17, 15) is 4.79 Å². The second kappa shape index (κ2) is 7.01. The standard InChI is InChI=1S/C19H18N2O2/c1-2-23-19(22)16-8-5-14(6-9-16)7-11-17-12-10-15-4-3-13-20-18(15)21-17/h3-6,8-10,12-13H,2,7,11H2,1H3. The molecule has 1 aromatic carbocycles. The molecule has 4 heteroatoms. The molecule has 0 aliphatic carbocycles. The predicted molar refractivity (Wildman–Crippen MR) is 89.3 cm³/mol. The second-order valence-corrected chi connectivity index (χ2v) is 5.27. The molecule has 23 heavy (non-hydrogen) atoms. The van der Waals surface area contributed by atoms with Crippen molar-refractivity contribution in [3.8, 4) is 0 Å². The molecule has 0 fully saturated rings. The van der Waals surface area contributed by atoms with Gasteiger partial charge in [0.25, 0.3) is 0 Å². The lowest BCUT2D eigenvalue weighted by molar-refractivity contribution is 0.0526. The Morgan fingerprint density at radius 1 is 1.04 bits per heavy atom. The van der Waals surface area contributed by atoms with Gasteiger partial charge in [-0.25, -0.2) is 14.8 Å². The molecule has 0 saturated carbocycles. The third-order valence-electron chi connectivity index (χ3n) is 3.66. The number of benzene rings is 1. The van der Waals surface area contributed by atoms with Gasteiger partial charge >= 0.3 is 5.97 Å². The van der Waals surface area contributed by atoms with Crippen LogP contribution >= 0.6 is 0 Å². The normalized spacial score (nSPS) is 10.7. The average molecular weight is 306 g/mol. The molecular formula is C19H18N2O2. The summed E-state index contributed by atoms with van der Waals surface area (Å²) in [7, 11) is 0. The Bertz CT molecular complexity index is 813. The van der Waals surface area contributed by atoms with Gasteiger partial charge in [-0.1, -0.05) is 12.1 Å². The van der Waals surface area contributed by atoms with Gasteiger partial charge in [0.15, 0.2) is 5.65 Å². The number of pyridine rings is 2. The van der Waals surface area contributed by atoms with Crippen molar-refractivity contribution < 1.29 is 9.53 Å². The smallest absolute Gasteiger partial charge is 0.338 e. The number of ether oxygens (including phenoxy) is 1. The maximum atomic E-state index is 11.6. The minimum absolute atomic E-state index is 0.277. The number of carbonyl (C=O) groups excluding carboxylic acids is 1. The third kappa shape index (κ3) is 3.72. The molecule has 0 amide bonds. The minimum Gasteiger partial charge on any atom is -0.462 e. The first kappa shape index (κ1) is 15.2. The van der Waals surface area contributed by atoms with Crippen molar-refractivity contribution >= 4 is 17.0 Å².